The lowest BCUT2D eigenvalue weighted by Gasteiger charge is -2.02. The Balaban J connectivity index is 2.30. The first kappa shape index (κ1) is 12.5. The Morgan fingerprint density at radius 3 is 2.58 bits per heavy atom. The second-order valence-electron chi connectivity index (χ2n) is 3.68. The Kier molecular flexibility index (Phi) is 3.64. The molecule has 4 N–H and O–H groups in total. The molecular weight excluding hydrogens is 242 g/mol. The normalized spacial score (nSPS) is 9.26. The molecular formula is C14H11N3O2. The van der Waals surface area contributed by atoms with E-state index in [1.807, 2.05) is 30.3 Å². The van der Waals surface area contributed by atoms with Gasteiger partial charge in [0, 0.05) is 5.56 Å². The van der Waals surface area contributed by atoms with Gasteiger partial charge in [-0.3, -0.25) is 5.32 Å². The fourth-order valence-electron chi connectivity index (χ4n) is 1.40. The van der Waals surface area contributed by atoms with Gasteiger partial charge in [0.25, 0.3) is 0 Å². The molecule has 1 amide bonds. The van der Waals surface area contributed by atoms with Crippen molar-refractivity contribution in [1.29, 1.82) is 0 Å². The van der Waals surface area contributed by atoms with E-state index >= 15 is 0 Å². The molecule has 0 saturated heterocycles. The molecule has 2 aromatic rings. The van der Waals surface area contributed by atoms with Crippen LogP contribution in [0.1, 0.15) is 11.3 Å². The third-order valence-electron chi connectivity index (χ3n) is 2.26. The molecule has 0 bridgehead atoms. The molecule has 0 unspecified atom stereocenters. The number of pyridine rings is 1. The van der Waals surface area contributed by atoms with Crippen molar-refractivity contribution in [3.05, 3.63) is 53.7 Å². The van der Waals surface area contributed by atoms with Gasteiger partial charge in [0.05, 0.1) is 5.69 Å². The van der Waals surface area contributed by atoms with Gasteiger partial charge in [-0.25, -0.2) is 9.78 Å². The number of carbonyl (C=O) groups is 1. The predicted octanol–water partition coefficient (Wildman–Crippen LogP) is 2.15. The molecule has 19 heavy (non-hydrogen) atoms. The highest BCUT2D eigenvalue weighted by molar-refractivity contribution is 5.81. The molecule has 5 heteroatoms. The zero-order valence-corrected chi connectivity index (χ0v) is 9.92. The lowest BCUT2D eigenvalue weighted by Crippen LogP contribution is -2.09. The molecule has 0 aliphatic carbocycles. The first-order valence-corrected chi connectivity index (χ1v) is 5.48. The summed E-state index contributed by atoms with van der Waals surface area (Å²) in [5, 5.41) is 10.8. The van der Waals surface area contributed by atoms with Crippen LogP contribution in [0.15, 0.2) is 42.5 Å². The number of amides is 1. The van der Waals surface area contributed by atoms with E-state index in [-0.39, 0.29) is 5.82 Å². The highest BCUT2D eigenvalue weighted by Crippen LogP contribution is 2.12. The minimum absolute atomic E-state index is 0.194. The first-order chi connectivity index (χ1) is 9.15. The van der Waals surface area contributed by atoms with Crippen molar-refractivity contribution in [3.8, 4) is 11.8 Å². The number of rotatable bonds is 1. The number of hydrogen-bond donors (Lipinski definition) is 3. The average molecular weight is 253 g/mol. The topological polar surface area (TPSA) is 88.2 Å². The number of aromatic nitrogens is 1. The van der Waals surface area contributed by atoms with Crippen molar-refractivity contribution < 1.29 is 9.90 Å². The molecule has 0 spiro atoms. The van der Waals surface area contributed by atoms with Crippen LogP contribution >= 0.6 is 0 Å². The fraction of sp³-hybridized carbons (Fsp3) is 0. The van der Waals surface area contributed by atoms with E-state index in [1.165, 1.54) is 6.07 Å². The summed E-state index contributed by atoms with van der Waals surface area (Å²) in [5.74, 6) is 5.93. The monoisotopic (exact) mass is 253 g/mol. The Bertz CT molecular complexity index is 657. The number of nitrogens with zero attached hydrogens (tertiary/aromatic N) is 1. The summed E-state index contributed by atoms with van der Waals surface area (Å²) in [6, 6.07) is 12.4. The molecule has 2 rings (SSSR count). The van der Waals surface area contributed by atoms with Crippen LogP contribution in [0.5, 0.6) is 0 Å². The Morgan fingerprint density at radius 1 is 1.16 bits per heavy atom. The quantitative estimate of drug-likeness (QED) is 0.679. The maximum absolute atomic E-state index is 10.5. The molecule has 1 aromatic carbocycles. The largest absolute Gasteiger partial charge is 0.465 e. The van der Waals surface area contributed by atoms with Crippen molar-refractivity contribution in [2.45, 2.75) is 0 Å². The average Bonchev–Trinajstić information content (AvgIpc) is 2.40. The molecule has 1 heterocycles. The maximum atomic E-state index is 10.5. The van der Waals surface area contributed by atoms with Gasteiger partial charge >= 0.3 is 6.09 Å². The van der Waals surface area contributed by atoms with E-state index in [1.54, 1.807) is 6.07 Å². The van der Waals surface area contributed by atoms with E-state index in [2.05, 4.69) is 22.1 Å². The van der Waals surface area contributed by atoms with Crippen LogP contribution in [-0.2, 0) is 0 Å². The van der Waals surface area contributed by atoms with Gasteiger partial charge < -0.3 is 10.8 Å². The van der Waals surface area contributed by atoms with Gasteiger partial charge in [0.15, 0.2) is 0 Å². The van der Waals surface area contributed by atoms with E-state index in [0.717, 1.165) is 5.56 Å². The van der Waals surface area contributed by atoms with Crippen LogP contribution in [-0.4, -0.2) is 16.2 Å². The molecule has 0 atom stereocenters. The molecule has 1 aromatic heterocycles. The summed E-state index contributed by atoms with van der Waals surface area (Å²) in [6.45, 7) is 0. The molecule has 5 nitrogen and oxygen atoms in total. The van der Waals surface area contributed by atoms with Crippen molar-refractivity contribution in [2.75, 3.05) is 11.1 Å². The van der Waals surface area contributed by atoms with Crippen LogP contribution < -0.4 is 11.1 Å². The highest BCUT2D eigenvalue weighted by Gasteiger charge is 2.03. The molecule has 0 aliphatic heterocycles. The third kappa shape index (κ3) is 3.48. The lowest BCUT2D eigenvalue weighted by molar-refractivity contribution is 0.209. The van der Waals surface area contributed by atoms with Gasteiger partial charge in [-0.05, 0) is 30.2 Å². The van der Waals surface area contributed by atoms with E-state index in [4.69, 9.17) is 10.8 Å². The van der Waals surface area contributed by atoms with Gasteiger partial charge in [-0.1, -0.05) is 24.1 Å². The molecule has 0 fully saturated rings. The number of nitrogens with two attached hydrogens (primary N) is 1. The molecule has 0 saturated carbocycles. The zero-order chi connectivity index (χ0) is 13.7. The smallest absolute Gasteiger partial charge is 0.410 e. The summed E-state index contributed by atoms with van der Waals surface area (Å²) in [6.07, 6.45) is -1.18. The lowest BCUT2D eigenvalue weighted by atomic mass is 10.2. The SMILES string of the molecule is Nc1ccc(NC(=O)O)nc1C#Cc1ccccc1. The fourth-order valence-corrected chi connectivity index (χ4v) is 1.40. The Labute approximate surface area is 110 Å². The van der Waals surface area contributed by atoms with Gasteiger partial charge in [-0.15, -0.1) is 0 Å². The van der Waals surface area contributed by atoms with Gasteiger partial charge in [-0.2, -0.15) is 0 Å². The summed E-state index contributed by atoms with van der Waals surface area (Å²) in [4.78, 5) is 14.6. The van der Waals surface area contributed by atoms with E-state index < -0.39 is 6.09 Å². The Hall–Kier alpha value is -3.00. The van der Waals surface area contributed by atoms with Crippen molar-refractivity contribution in [2.24, 2.45) is 0 Å². The van der Waals surface area contributed by atoms with Crippen LogP contribution in [0.4, 0.5) is 16.3 Å². The van der Waals surface area contributed by atoms with Gasteiger partial charge in [0.1, 0.15) is 11.5 Å². The summed E-state index contributed by atoms with van der Waals surface area (Å²) >= 11 is 0. The second-order valence-corrected chi connectivity index (χ2v) is 3.68. The van der Waals surface area contributed by atoms with Crippen LogP contribution in [0, 0.1) is 11.8 Å². The van der Waals surface area contributed by atoms with E-state index in [9.17, 15) is 4.79 Å². The summed E-state index contributed by atoms with van der Waals surface area (Å²) in [5.41, 5.74) is 7.32. The third-order valence-corrected chi connectivity index (χ3v) is 2.26. The summed E-state index contributed by atoms with van der Waals surface area (Å²) in [7, 11) is 0. The highest BCUT2D eigenvalue weighted by atomic mass is 16.4. The van der Waals surface area contributed by atoms with Crippen LogP contribution in [0.3, 0.4) is 0 Å². The number of benzene rings is 1. The minimum atomic E-state index is -1.18. The predicted molar refractivity (Wildman–Crippen MR) is 72.7 cm³/mol. The maximum Gasteiger partial charge on any atom is 0.410 e. The number of anilines is 2. The first-order valence-electron chi connectivity index (χ1n) is 5.48. The molecule has 0 aliphatic rings. The van der Waals surface area contributed by atoms with Crippen molar-refractivity contribution in [3.63, 3.8) is 0 Å². The van der Waals surface area contributed by atoms with Gasteiger partial charge in [0.2, 0.25) is 0 Å². The van der Waals surface area contributed by atoms with E-state index in [0.29, 0.717) is 11.4 Å². The van der Waals surface area contributed by atoms with Crippen LogP contribution in [0.25, 0.3) is 0 Å². The molecule has 94 valence electrons. The standard InChI is InChI=1S/C14H11N3O2/c15-11-7-9-13(17-14(18)19)16-12(11)8-6-10-4-2-1-3-5-10/h1-5,7,9H,15H2,(H,16,17)(H,18,19). The Morgan fingerprint density at radius 2 is 1.89 bits per heavy atom. The van der Waals surface area contributed by atoms with Crippen molar-refractivity contribution >= 4 is 17.6 Å². The summed E-state index contributed by atoms with van der Waals surface area (Å²) < 4.78 is 0. The minimum Gasteiger partial charge on any atom is -0.465 e. The molecule has 0 radical (unpaired) electrons. The number of nitrogen functional groups attached to an aromatic ring is 1. The van der Waals surface area contributed by atoms with Crippen molar-refractivity contribution in [1.82, 2.24) is 4.98 Å². The number of carboxylic acid groups (broad SMARTS) is 1. The number of hydrogen-bond acceptors (Lipinski definition) is 3. The number of nitrogens with one attached hydrogen (secondary N) is 1. The zero-order valence-electron chi connectivity index (χ0n) is 9.92. The second kappa shape index (κ2) is 5.56. The van der Waals surface area contributed by atoms with Crippen LogP contribution in [0.2, 0.25) is 0 Å².